The molecule has 2 N–H and O–H groups in total. The summed E-state index contributed by atoms with van der Waals surface area (Å²) in [6.07, 6.45) is 2.88. The molecule has 0 unspecified atom stereocenters. The van der Waals surface area contributed by atoms with Gasteiger partial charge in [0.1, 0.15) is 17.4 Å². The molecule has 1 aliphatic rings. The maximum Gasteiger partial charge on any atom is 0.414 e. The molecule has 8 heteroatoms. The van der Waals surface area contributed by atoms with Crippen LogP contribution in [0.4, 0.5) is 8.78 Å². The predicted molar refractivity (Wildman–Crippen MR) is 136 cm³/mol. The molecule has 0 saturated carbocycles. The van der Waals surface area contributed by atoms with Crippen LogP contribution in [0.2, 0.25) is 0 Å². The molecule has 0 bridgehead atoms. The Bertz CT molecular complexity index is 1130. The van der Waals surface area contributed by atoms with Crippen molar-refractivity contribution in [3.8, 4) is 5.75 Å². The standard InChI is InChI=1S/C27H27F2NO.C2H2O4/c28-24-11-7-21(8-12-24)27(22-9-13-25(29)14-10-22)23-15-18-30(19-16-23)17-4-20-31-26-5-2-1-3-6-26;3-1(4)2(5)6/h1-3,5-14H,4,15-20H2;(H,3,4)(H,5,6). The van der Waals surface area contributed by atoms with E-state index in [1.807, 2.05) is 54.6 Å². The van der Waals surface area contributed by atoms with Crippen LogP contribution in [-0.4, -0.2) is 53.3 Å². The number of piperidine rings is 1. The van der Waals surface area contributed by atoms with Crippen molar-refractivity contribution >= 4 is 17.5 Å². The lowest BCUT2D eigenvalue weighted by Gasteiger charge is -2.30. The summed E-state index contributed by atoms with van der Waals surface area (Å²) in [4.78, 5) is 20.7. The van der Waals surface area contributed by atoms with E-state index < -0.39 is 11.9 Å². The van der Waals surface area contributed by atoms with Gasteiger partial charge in [-0.05, 0) is 72.4 Å². The molecule has 1 aliphatic heterocycles. The van der Waals surface area contributed by atoms with Gasteiger partial charge in [-0.3, -0.25) is 0 Å². The molecule has 6 nitrogen and oxygen atoms in total. The summed E-state index contributed by atoms with van der Waals surface area (Å²) < 4.78 is 32.7. The van der Waals surface area contributed by atoms with E-state index in [1.54, 1.807) is 0 Å². The number of carboxylic acid groups (broad SMARTS) is 2. The first-order chi connectivity index (χ1) is 17.8. The Labute approximate surface area is 214 Å². The molecule has 0 spiro atoms. The molecular formula is C29H29F2NO5. The van der Waals surface area contributed by atoms with E-state index in [0.717, 1.165) is 61.3 Å². The Morgan fingerprint density at radius 3 is 1.70 bits per heavy atom. The second-order valence-electron chi connectivity index (χ2n) is 8.46. The molecule has 0 aromatic heterocycles. The maximum absolute atomic E-state index is 13.5. The van der Waals surface area contributed by atoms with Gasteiger partial charge in [0.15, 0.2) is 0 Å². The first kappa shape index (κ1) is 27.5. The predicted octanol–water partition coefficient (Wildman–Crippen LogP) is 5.49. The highest BCUT2D eigenvalue weighted by atomic mass is 19.1. The number of hydrogen-bond donors (Lipinski definition) is 2. The summed E-state index contributed by atoms with van der Waals surface area (Å²) in [6, 6.07) is 23.1. The van der Waals surface area contributed by atoms with E-state index in [4.69, 9.17) is 24.5 Å². The van der Waals surface area contributed by atoms with Crippen LogP contribution < -0.4 is 4.74 Å². The fraction of sp³-hybridized carbons (Fsp3) is 0.241. The summed E-state index contributed by atoms with van der Waals surface area (Å²) in [7, 11) is 0. The first-order valence-electron chi connectivity index (χ1n) is 11.9. The minimum atomic E-state index is -1.82. The molecule has 194 valence electrons. The molecule has 1 fully saturated rings. The summed E-state index contributed by atoms with van der Waals surface area (Å²) >= 11 is 0. The SMILES string of the molecule is Fc1ccc(C(=C2CCN(CCCOc3ccccc3)CC2)c2ccc(F)cc2)cc1.O=C(O)C(=O)O. The van der Waals surface area contributed by atoms with Crippen LogP contribution in [0, 0.1) is 11.6 Å². The maximum atomic E-state index is 13.5. The molecule has 4 rings (SSSR count). The smallest absolute Gasteiger partial charge is 0.414 e. The van der Waals surface area contributed by atoms with Crippen LogP contribution >= 0.6 is 0 Å². The van der Waals surface area contributed by atoms with E-state index in [-0.39, 0.29) is 11.6 Å². The number of ether oxygens (including phenoxy) is 1. The molecule has 1 saturated heterocycles. The normalized spacial score (nSPS) is 13.3. The minimum absolute atomic E-state index is 0.250. The number of rotatable bonds is 7. The zero-order chi connectivity index (χ0) is 26.6. The summed E-state index contributed by atoms with van der Waals surface area (Å²) in [5, 5.41) is 14.8. The molecule has 37 heavy (non-hydrogen) atoms. The van der Waals surface area contributed by atoms with Crippen molar-refractivity contribution in [3.05, 3.63) is 107 Å². The van der Waals surface area contributed by atoms with E-state index in [2.05, 4.69) is 4.90 Å². The van der Waals surface area contributed by atoms with Gasteiger partial charge in [0.25, 0.3) is 0 Å². The second kappa shape index (κ2) is 13.9. The number of aliphatic carboxylic acids is 2. The average Bonchev–Trinajstić information content (AvgIpc) is 2.91. The Hall–Kier alpha value is -4.04. The molecule has 3 aromatic carbocycles. The van der Waals surface area contributed by atoms with E-state index in [1.165, 1.54) is 29.8 Å². The van der Waals surface area contributed by atoms with Crippen LogP contribution in [0.25, 0.3) is 5.57 Å². The Morgan fingerprint density at radius 2 is 1.24 bits per heavy atom. The summed E-state index contributed by atoms with van der Waals surface area (Å²) in [6.45, 7) is 3.67. The Kier molecular flexibility index (Phi) is 10.3. The summed E-state index contributed by atoms with van der Waals surface area (Å²) in [5.74, 6) is -3.24. The molecule has 0 atom stereocenters. The van der Waals surface area contributed by atoms with Crippen LogP contribution in [0.5, 0.6) is 5.75 Å². The highest BCUT2D eigenvalue weighted by Crippen LogP contribution is 2.32. The van der Waals surface area contributed by atoms with Gasteiger partial charge in [0.05, 0.1) is 6.61 Å². The van der Waals surface area contributed by atoms with Crippen molar-refractivity contribution in [2.45, 2.75) is 19.3 Å². The van der Waals surface area contributed by atoms with Crippen molar-refractivity contribution in [1.82, 2.24) is 4.90 Å². The van der Waals surface area contributed by atoms with Crippen molar-refractivity contribution in [1.29, 1.82) is 0 Å². The molecule has 0 amide bonds. The fourth-order valence-corrected chi connectivity index (χ4v) is 4.10. The van der Waals surface area contributed by atoms with E-state index in [9.17, 15) is 8.78 Å². The minimum Gasteiger partial charge on any atom is -0.494 e. The number of carboxylic acids is 2. The quantitative estimate of drug-likeness (QED) is 0.324. The Balaban J connectivity index is 0.000000568. The number of carbonyl (C=O) groups is 2. The third-order valence-electron chi connectivity index (χ3n) is 5.89. The monoisotopic (exact) mass is 509 g/mol. The van der Waals surface area contributed by atoms with Crippen LogP contribution in [0.15, 0.2) is 84.4 Å². The zero-order valence-electron chi connectivity index (χ0n) is 20.3. The molecule has 3 aromatic rings. The number of hydrogen-bond acceptors (Lipinski definition) is 4. The molecule has 0 aliphatic carbocycles. The molecular weight excluding hydrogens is 480 g/mol. The van der Waals surface area contributed by atoms with Gasteiger partial charge in [0.2, 0.25) is 0 Å². The van der Waals surface area contributed by atoms with Gasteiger partial charge in [-0.1, -0.05) is 48.0 Å². The van der Waals surface area contributed by atoms with Crippen LogP contribution in [0.1, 0.15) is 30.4 Å². The largest absolute Gasteiger partial charge is 0.494 e. The van der Waals surface area contributed by atoms with Crippen molar-refractivity contribution < 1.29 is 33.3 Å². The summed E-state index contributed by atoms with van der Waals surface area (Å²) in [5.41, 5.74) is 4.41. The van der Waals surface area contributed by atoms with Gasteiger partial charge < -0.3 is 19.8 Å². The number of nitrogens with zero attached hydrogens (tertiary/aromatic N) is 1. The number of likely N-dealkylation sites (tertiary alicyclic amines) is 1. The number of halogens is 2. The zero-order valence-corrected chi connectivity index (χ0v) is 20.3. The first-order valence-corrected chi connectivity index (χ1v) is 11.9. The third kappa shape index (κ3) is 8.84. The van der Waals surface area contributed by atoms with Crippen LogP contribution in [0.3, 0.4) is 0 Å². The topological polar surface area (TPSA) is 87.1 Å². The van der Waals surface area contributed by atoms with Crippen molar-refractivity contribution in [2.24, 2.45) is 0 Å². The van der Waals surface area contributed by atoms with Gasteiger partial charge >= 0.3 is 11.9 Å². The average molecular weight is 510 g/mol. The fourth-order valence-electron chi connectivity index (χ4n) is 4.10. The Morgan fingerprint density at radius 1 is 0.757 bits per heavy atom. The molecule has 1 heterocycles. The lowest BCUT2D eigenvalue weighted by molar-refractivity contribution is -0.159. The lowest BCUT2D eigenvalue weighted by atomic mass is 9.88. The second-order valence-corrected chi connectivity index (χ2v) is 8.46. The van der Waals surface area contributed by atoms with Gasteiger partial charge in [-0.15, -0.1) is 0 Å². The van der Waals surface area contributed by atoms with Gasteiger partial charge in [-0.2, -0.15) is 0 Å². The van der Waals surface area contributed by atoms with Gasteiger partial charge in [-0.25, -0.2) is 18.4 Å². The number of benzene rings is 3. The van der Waals surface area contributed by atoms with Crippen molar-refractivity contribution in [2.75, 3.05) is 26.2 Å². The third-order valence-corrected chi connectivity index (χ3v) is 5.89. The van der Waals surface area contributed by atoms with E-state index in [0.29, 0.717) is 6.61 Å². The number of para-hydroxylation sites is 1. The highest BCUT2D eigenvalue weighted by Gasteiger charge is 2.19. The van der Waals surface area contributed by atoms with E-state index >= 15 is 0 Å². The van der Waals surface area contributed by atoms with Gasteiger partial charge in [0, 0.05) is 19.6 Å². The van der Waals surface area contributed by atoms with Crippen LogP contribution in [-0.2, 0) is 9.59 Å². The highest BCUT2D eigenvalue weighted by molar-refractivity contribution is 6.27. The molecule has 0 radical (unpaired) electrons. The van der Waals surface area contributed by atoms with Crippen molar-refractivity contribution in [3.63, 3.8) is 0 Å². The lowest BCUT2D eigenvalue weighted by Crippen LogP contribution is -2.32.